The van der Waals surface area contributed by atoms with Crippen molar-refractivity contribution in [3.63, 3.8) is 0 Å². The molecule has 0 bridgehead atoms. The maximum Gasteiger partial charge on any atom is 0.240 e. The first-order valence-electron chi connectivity index (χ1n) is 9.12. The Hall–Kier alpha value is -2.82. The second-order valence-corrected chi connectivity index (χ2v) is 6.76. The number of benzene rings is 2. The lowest BCUT2D eigenvalue weighted by Crippen LogP contribution is -2.42. The fourth-order valence-electron chi connectivity index (χ4n) is 3.78. The van der Waals surface area contributed by atoms with Crippen LogP contribution in [0.5, 0.6) is 5.75 Å². The smallest absolute Gasteiger partial charge is 0.240 e. The number of rotatable bonds is 3. The molecule has 2 aromatic carbocycles. The van der Waals surface area contributed by atoms with Crippen LogP contribution >= 0.6 is 0 Å². The van der Waals surface area contributed by atoms with E-state index in [4.69, 9.17) is 4.74 Å². The van der Waals surface area contributed by atoms with Crippen LogP contribution in [0.1, 0.15) is 36.4 Å². The predicted octanol–water partition coefficient (Wildman–Crippen LogP) is 3.00. The van der Waals surface area contributed by atoms with Crippen molar-refractivity contribution < 1.29 is 14.3 Å². The van der Waals surface area contributed by atoms with Gasteiger partial charge < -0.3 is 10.1 Å². The summed E-state index contributed by atoms with van der Waals surface area (Å²) in [5.74, 6) is 0.417. The maximum absolute atomic E-state index is 12.7. The van der Waals surface area contributed by atoms with Crippen LogP contribution in [0, 0.1) is 0 Å². The Balaban J connectivity index is 1.51. The van der Waals surface area contributed by atoms with E-state index < -0.39 is 0 Å². The Morgan fingerprint density at radius 2 is 1.92 bits per heavy atom. The minimum Gasteiger partial charge on any atom is -0.491 e. The van der Waals surface area contributed by atoms with Gasteiger partial charge in [0, 0.05) is 0 Å². The van der Waals surface area contributed by atoms with Crippen molar-refractivity contribution in [2.75, 3.05) is 18.1 Å². The van der Waals surface area contributed by atoms with E-state index in [1.165, 1.54) is 16.0 Å². The lowest BCUT2D eigenvalue weighted by Gasteiger charge is -2.28. The van der Waals surface area contributed by atoms with E-state index in [0.717, 1.165) is 19.3 Å². The van der Waals surface area contributed by atoms with E-state index in [-0.39, 0.29) is 30.8 Å². The predicted molar refractivity (Wildman–Crippen MR) is 99.2 cm³/mol. The first-order chi connectivity index (χ1) is 12.7. The summed E-state index contributed by atoms with van der Waals surface area (Å²) in [6.45, 7) is 0.349. The molecule has 0 aromatic heterocycles. The molecule has 4 rings (SSSR count). The Morgan fingerprint density at radius 1 is 1.12 bits per heavy atom. The molecule has 0 radical (unpaired) electrons. The highest BCUT2D eigenvalue weighted by Crippen LogP contribution is 2.32. The zero-order chi connectivity index (χ0) is 17.9. The normalized spacial score (nSPS) is 19.0. The molecule has 0 unspecified atom stereocenters. The molecule has 1 atom stereocenters. The summed E-state index contributed by atoms with van der Waals surface area (Å²) in [6.07, 6.45) is 3.31. The van der Waals surface area contributed by atoms with Crippen LogP contribution in [0.3, 0.4) is 0 Å². The van der Waals surface area contributed by atoms with Crippen molar-refractivity contribution in [3.05, 3.63) is 59.7 Å². The van der Waals surface area contributed by atoms with Gasteiger partial charge in [-0.25, -0.2) is 0 Å². The first kappa shape index (κ1) is 16.6. The molecule has 0 saturated carbocycles. The van der Waals surface area contributed by atoms with E-state index in [1.54, 1.807) is 0 Å². The summed E-state index contributed by atoms with van der Waals surface area (Å²) in [6, 6.07) is 15.6. The van der Waals surface area contributed by atoms with Crippen LogP contribution < -0.4 is 15.0 Å². The quantitative estimate of drug-likeness (QED) is 0.926. The summed E-state index contributed by atoms with van der Waals surface area (Å²) in [4.78, 5) is 26.7. The van der Waals surface area contributed by atoms with Gasteiger partial charge in [-0.1, -0.05) is 36.4 Å². The molecule has 2 aliphatic rings. The van der Waals surface area contributed by atoms with Crippen LogP contribution in [-0.4, -0.2) is 25.0 Å². The second kappa shape index (κ2) is 7.20. The topological polar surface area (TPSA) is 58.6 Å². The Kier molecular flexibility index (Phi) is 4.61. The van der Waals surface area contributed by atoms with Crippen molar-refractivity contribution in [1.82, 2.24) is 5.32 Å². The SMILES string of the molecule is O=C(CN1C(=O)CCOc2ccccc21)N[C@H]1CCCc2ccccc21. The number of hydrogen-bond donors (Lipinski definition) is 1. The first-order valence-corrected chi connectivity index (χ1v) is 9.12. The van der Waals surface area contributed by atoms with Gasteiger partial charge in [-0.2, -0.15) is 0 Å². The van der Waals surface area contributed by atoms with Crippen molar-refractivity contribution in [3.8, 4) is 5.75 Å². The Bertz CT molecular complexity index is 834. The van der Waals surface area contributed by atoms with Gasteiger partial charge in [0.2, 0.25) is 11.8 Å². The van der Waals surface area contributed by atoms with Gasteiger partial charge in [-0.05, 0) is 42.5 Å². The number of para-hydroxylation sites is 2. The van der Waals surface area contributed by atoms with E-state index in [9.17, 15) is 9.59 Å². The molecule has 26 heavy (non-hydrogen) atoms. The second-order valence-electron chi connectivity index (χ2n) is 6.76. The van der Waals surface area contributed by atoms with Crippen LogP contribution in [0.2, 0.25) is 0 Å². The minimum atomic E-state index is -0.142. The highest BCUT2D eigenvalue weighted by Gasteiger charge is 2.27. The minimum absolute atomic E-state index is 0.0118. The van der Waals surface area contributed by atoms with Gasteiger partial charge in [0.05, 0.1) is 24.8 Å². The number of nitrogens with one attached hydrogen (secondary N) is 1. The molecule has 5 nitrogen and oxygen atoms in total. The van der Waals surface area contributed by atoms with Gasteiger partial charge in [-0.15, -0.1) is 0 Å². The molecule has 1 N–H and O–H groups in total. The summed E-state index contributed by atoms with van der Waals surface area (Å²) >= 11 is 0. The molecule has 1 aliphatic carbocycles. The molecule has 134 valence electrons. The number of fused-ring (bicyclic) bond motifs is 2. The number of nitrogens with zero attached hydrogens (tertiary/aromatic N) is 1. The maximum atomic E-state index is 12.7. The van der Waals surface area contributed by atoms with Crippen molar-refractivity contribution in [1.29, 1.82) is 0 Å². The molecule has 5 heteroatoms. The van der Waals surface area contributed by atoms with Gasteiger partial charge >= 0.3 is 0 Å². The van der Waals surface area contributed by atoms with Gasteiger partial charge in [-0.3, -0.25) is 14.5 Å². The molecule has 0 saturated heterocycles. The average molecular weight is 350 g/mol. The van der Waals surface area contributed by atoms with Crippen LogP contribution in [0.25, 0.3) is 0 Å². The summed E-state index contributed by atoms with van der Waals surface area (Å²) in [5.41, 5.74) is 3.15. The molecule has 1 aliphatic heterocycles. The van der Waals surface area contributed by atoms with Crippen molar-refractivity contribution in [2.45, 2.75) is 31.7 Å². The lowest BCUT2D eigenvalue weighted by atomic mass is 9.88. The van der Waals surface area contributed by atoms with Gasteiger partial charge in [0.25, 0.3) is 0 Å². The van der Waals surface area contributed by atoms with E-state index in [0.29, 0.717) is 18.0 Å². The third-order valence-electron chi connectivity index (χ3n) is 5.04. The van der Waals surface area contributed by atoms with Crippen LogP contribution in [0.15, 0.2) is 48.5 Å². The summed E-state index contributed by atoms with van der Waals surface area (Å²) in [7, 11) is 0. The fourth-order valence-corrected chi connectivity index (χ4v) is 3.78. The molecular formula is C21H22N2O3. The number of carbonyl (C=O) groups is 2. The number of aryl methyl sites for hydroxylation is 1. The standard InChI is InChI=1S/C21H22N2O3/c24-20(22-17-9-5-7-15-6-1-2-8-16(15)17)14-23-18-10-3-4-11-19(18)26-13-12-21(23)25/h1-4,6,8,10-11,17H,5,7,9,12-14H2,(H,22,24)/t17-/m0/s1. The van der Waals surface area contributed by atoms with E-state index in [1.807, 2.05) is 36.4 Å². The summed E-state index contributed by atoms with van der Waals surface area (Å²) < 4.78 is 5.63. The highest BCUT2D eigenvalue weighted by molar-refractivity contribution is 6.00. The number of carbonyl (C=O) groups excluding carboxylic acids is 2. The zero-order valence-corrected chi connectivity index (χ0v) is 14.6. The van der Waals surface area contributed by atoms with Crippen LogP contribution in [0.4, 0.5) is 5.69 Å². The van der Waals surface area contributed by atoms with E-state index in [2.05, 4.69) is 17.4 Å². The monoisotopic (exact) mass is 350 g/mol. The largest absolute Gasteiger partial charge is 0.491 e. The van der Waals surface area contributed by atoms with E-state index >= 15 is 0 Å². The van der Waals surface area contributed by atoms with Gasteiger partial charge in [0.1, 0.15) is 12.3 Å². The molecule has 0 spiro atoms. The van der Waals surface area contributed by atoms with Crippen LogP contribution in [-0.2, 0) is 16.0 Å². The number of hydrogen-bond acceptors (Lipinski definition) is 3. The molecule has 2 amide bonds. The lowest BCUT2D eigenvalue weighted by molar-refractivity contribution is -0.124. The number of amides is 2. The Labute approximate surface area is 153 Å². The van der Waals surface area contributed by atoms with Crippen molar-refractivity contribution in [2.24, 2.45) is 0 Å². The molecule has 1 heterocycles. The zero-order valence-electron chi connectivity index (χ0n) is 14.6. The molecule has 0 fully saturated rings. The van der Waals surface area contributed by atoms with Gasteiger partial charge in [0.15, 0.2) is 0 Å². The highest BCUT2D eigenvalue weighted by atomic mass is 16.5. The third-order valence-corrected chi connectivity index (χ3v) is 5.04. The summed E-state index contributed by atoms with van der Waals surface area (Å²) in [5, 5.41) is 3.12. The number of anilines is 1. The molecule has 2 aromatic rings. The van der Waals surface area contributed by atoms with Crippen molar-refractivity contribution >= 4 is 17.5 Å². The molecular weight excluding hydrogens is 328 g/mol. The third kappa shape index (κ3) is 3.29. The fraction of sp³-hybridized carbons (Fsp3) is 0.333. The Morgan fingerprint density at radius 3 is 2.85 bits per heavy atom. The average Bonchev–Trinajstić information content (AvgIpc) is 2.81. The number of ether oxygens (including phenoxy) is 1.